The predicted octanol–water partition coefficient (Wildman–Crippen LogP) is 5.35. The molecule has 29 heavy (non-hydrogen) atoms. The molecule has 0 atom stereocenters. The van der Waals surface area contributed by atoms with E-state index in [1.165, 1.54) is 37.7 Å². The maximum atomic E-state index is 12.1. The summed E-state index contributed by atoms with van der Waals surface area (Å²) in [5.74, 6) is 1.02. The number of rotatable bonds is 7. The van der Waals surface area contributed by atoms with Crippen LogP contribution in [0.2, 0.25) is 0 Å². The second-order valence-electron chi connectivity index (χ2n) is 7.96. The van der Waals surface area contributed by atoms with Crippen molar-refractivity contribution < 1.29 is 14.3 Å². The van der Waals surface area contributed by atoms with E-state index in [2.05, 4.69) is 22.8 Å². The van der Waals surface area contributed by atoms with Gasteiger partial charge in [-0.2, -0.15) is 0 Å². The van der Waals surface area contributed by atoms with E-state index in [1.807, 2.05) is 26.0 Å². The molecule has 0 aromatic heterocycles. The monoisotopic (exact) mass is 394 g/mol. The highest BCUT2D eigenvalue weighted by atomic mass is 16.5. The number of carbonyl (C=O) groups excluding carboxylic acids is 2. The van der Waals surface area contributed by atoms with Crippen LogP contribution in [-0.2, 0) is 9.59 Å². The van der Waals surface area contributed by atoms with Crippen LogP contribution in [0.1, 0.15) is 57.4 Å². The first-order valence-electron chi connectivity index (χ1n) is 10.4. The Balaban J connectivity index is 1.45. The highest BCUT2D eigenvalue weighted by molar-refractivity contribution is 5.94. The number of ether oxygens (including phenoxy) is 1. The lowest BCUT2D eigenvalue weighted by Crippen LogP contribution is -2.20. The smallest absolute Gasteiger partial charge is 0.262 e. The highest BCUT2D eigenvalue weighted by Gasteiger charge is 2.15. The second kappa shape index (κ2) is 10.1. The van der Waals surface area contributed by atoms with Crippen LogP contribution in [0, 0.1) is 5.92 Å². The van der Waals surface area contributed by atoms with Crippen molar-refractivity contribution in [1.82, 2.24) is 0 Å². The van der Waals surface area contributed by atoms with Gasteiger partial charge in [-0.05, 0) is 60.7 Å². The van der Waals surface area contributed by atoms with E-state index < -0.39 is 0 Å². The Labute approximate surface area is 172 Å². The molecule has 0 saturated heterocycles. The molecular weight excluding hydrogens is 364 g/mol. The van der Waals surface area contributed by atoms with Crippen LogP contribution in [0.4, 0.5) is 11.4 Å². The molecule has 1 fully saturated rings. The number of anilines is 2. The molecule has 0 radical (unpaired) electrons. The third-order valence-corrected chi connectivity index (χ3v) is 5.29. The summed E-state index contributed by atoms with van der Waals surface area (Å²) >= 11 is 0. The molecule has 0 spiro atoms. The Kier molecular flexibility index (Phi) is 7.28. The van der Waals surface area contributed by atoms with E-state index in [0.717, 1.165) is 0 Å². The van der Waals surface area contributed by atoms with Crippen molar-refractivity contribution in [3.05, 3.63) is 54.1 Å². The fourth-order valence-corrected chi connectivity index (χ4v) is 3.54. The Bertz CT molecular complexity index is 807. The van der Waals surface area contributed by atoms with Gasteiger partial charge in [0.15, 0.2) is 6.61 Å². The average Bonchev–Trinajstić information content (AvgIpc) is 2.74. The Morgan fingerprint density at radius 2 is 1.48 bits per heavy atom. The fraction of sp³-hybridized carbons (Fsp3) is 0.417. The third kappa shape index (κ3) is 6.34. The summed E-state index contributed by atoms with van der Waals surface area (Å²) in [5.41, 5.74) is 2.73. The van der Waals surface area contributed by atoms with Gasteiger partial charge in [0.05, 0.1) is 0 Å². The highest BCUT2D eigenvalue weighted by Crippen LogP contribution is 2.33. The van der Waals surface area contributed by atoms with Crippen molar-refractivity contribution in [2.24, 2.45) is 5.92 Å². The topological polar surface area (TPSA) is 67.4 Å². The first-order chi connectivity index (χ1) is 14.0. The zero-order chi connectivity index (χ0) is 20.6. The molecule has 0 unspecified atom stereocenters. The van der Waals surface area contributed by atoms with Gasteiger partial charge in [-0.15, -0.1) is 0 Å². The summed E-state index contributed by atoms with van der Waals surface area (Å²) in [5, 5.41) is 5.62. The van der Waals surface area contributed by atoms with Gasteiger partial charge in [0.1, 0.15) is 5.75 Å². The van der Waals surface area contributed by atoms with Crippen LogP contribution in [0.15, 0.2) is 48.5 Å². The summed E-state index contributed by atoms with van der Waals surface area (Å²) in [6.45, 7) is 3.63. The van der Waals surface area contributed by atoms with Crippen LogP contribution in [0.3, 0.4) is 0 Å². The molecule has 2 N–H and O–H groups in total. The van der Waals surface area contributed by atoms with Gasteiger partial charge in [0, 0.05) is 17.3 Å². The maximum Gasteiger partial charge on any atom is 0.262 e. The number of hydrogen-bond donors (Lipinski definition) is 2. The minimum atomic E-state index is -0.222. The van der Waals surface area contributed by atoms with Crippen LogP contribution >= 0.6 is 0 Å². The first-order valence-corrected chi connectivity index (χ1v) is 10.4. The Morgan fingerprint density at radius 3 is 2.07 bits per heavy atom. The summed E-state index contributed by atoms with van der Waals surface area (Å²) in [6, 6.07) is 15.2. The van der Waals surface area contributed by atoms with Crippen molar-refractivity contribution in [1.29, 1.82) is 0 Å². The number of amides is 2. The summed E-state index contributed by atoms with van der Waals surface area (Å²) < 4.78 is 5.62. The van der Waals surface area contributed by atoms with E-state index >= 15 is 0 Å². The Morgan fingerprint density at radius 1 is 0.897 bits per heavy atom. The molecule has 2 amide bonds. The van der Waals surface area contributed by atoms with Crippen molar-refractivity contribution in [3.63, 3.8) is 0 Å². The van der Waals surface area contributed by atoms with Gasteiger partial charge in [-0.1, -0.05) is 45.2 Å². The van der Waals surface area contributed by atoms with E-state index in [1.54, 1.807) is 24.3 Å². The van der Waals surface area contributed by atoms with E-state index in [4.69, 9.17) is 4.74 Å². The molecule has 1 aliphatic rings. The largest absolute Gasteiger partial charge is 0.484 e. The fourth-order valence-electron chi connectivity index (χ4n) is 3.54. The van der Waals surface area contributed by atoms with Crippen molar-refractivity contribution in [2.45, 2.75) is 51.9 Å². The van der Waals surface area contributed by atoms with Crippen LogP contribution in [-0.4, -0.2) is 18.4 Å². The molecule has 154 valence electrons. The van der Waals surface area contributed by atoms with Crippen molar-refractivity contribution in [3.8, 4) is 5.75 Å². The van der Waals surface area contributed by atoms with E-state index in [-0.39, 0.29) is 24.3 Å². The molecule has 5 nitrogen and oxygen atoms in total. The van der Waals surface area contributed by atoms with Gasteiger partial charge in [-0.3, -0.25) is 9.59 Å². The summed E-state index contributed by atoms with van der Waals surface area (Å²) in [6.07, 6.45) is 6.51. The van der Waals surface area contributed by atoms with Gasteiger partial charge >= 0.3 is 0 Å². The van der Waals surface area contributed by atoms with Gasteiger partial charge in [-0.25, -0.2) is 0 Å². The molecule has 0 bridgehead atoms. The number of nitrogens with one attached hydrogen (secondary N) is 2. The van der Waals surface area contributed by atoms with Crippen LogP contribution < -0.4 is 15.4 Å². The molecule has 1 aliphatic carbocycles. The number of hydrogen-bond acceptors (Lipinski definition) is 3. The normalized spacial score (nSPS) is 14.4. The predicted molar refractivity (Wildman–Crippen MR) is 116 cm³/mol. The minimum Gasteiger partial charge on any atom is -0.484 e. The standard InChI is InChI=1S/C24H30N2O3/c1-17(2)24(28)26-21-12-10-20(11-13-21)25-23(27)16-29-22-14-8-19(9-15-22)18-6-4-3-5-7-18/h8-15,17-18H,3-7,16H2,1-2H3,(H,25,27)(H,26,28). The molecule has 0 aliphatic heterocycles. The van der Waals surface area contributed by atoms with E-state index in [9.17, 15) is 9.59 Å². The average molecular weight is 395 g/mol. The molecule has 2 aromatic rings. The van der Waals surface area contributed by atoms with Crippen LogP contribution in [0.5, 0.6) is 5.75 Å². The number of benzene rings is 2. The lowest BCUT2D eigenvalue weighted by molar-refractivity contribution is -0.119. The zero-order valence-electron chi connectivity index (χ0n) is 17.2. The molecular formula is C24H30N2O3. The molecule has 1 saturated carbocycles. The molecule has 2 aromatic carbocycles. The number of carbonyl (C=O) groups is 2. The molecule has 0 heterocycles. The Hall–Kier alpha value is -2.82. The summed E-state index contributed by atoms with van der Waals surface area (Å²) in [4.78, 5) is 23.9. The summed E-state index contributed by atoms with van der Waals surface area (Å²) in [7, 11) is 0. The maximum absolute atomic E-state index is 12.1. The van der Waals surface area contributed by atoms with Crippen LogP contribution in [0.25, 0.3) is 0 Å². The first kappa shape index (κ1) is 20.9. The van der Waals surface area contributed by atoms with Crippen molar-refractivity contribution in [2.75, 3.05) is 17.2 Å². The molecule has 3 rings (SSSR count). The SMILES string of the molecule is CC(C)C(=O)Nc1ccc(NC(=O)COc2ccc(C3CCCCC3)cc2)cc1. The lowest BCUT2D eigenvalue weighted by atomic mass is 9.84. The van der Waals surface area contributed by atoms with Crippen molar-refractivity contribution >= 4 is 23.2 Å². The third-order valence-electron chi connectivity index (χ3n) is 5.29. The van der Waals surface area contributed by atoms with Gasteiger partial charge in [0.2, 0.25) is 5.91 Å². The zero-order valence-corrected chi connectivity index (χ0v) is 17.2. The van der Waals surface area contributed by atoms with E-state index in [0.29, 0.717) is 23.0 Å². The minimum absolute atomic E-state index is 0.0373. The molecule has 5 heteroatoms. The second-order valence-corrected chi connectivity index (χ2v) is 7.96. The quantitative estimate of drug-likeness (QED) is 0.665. The lowest BCUT2D eigenvalue weighted by Gasteiger charge is -2.22. The van der Waals surface area contributed by atoms with Gasteiger partial charge < -0.3 is 15.4 Å². The van der Waals surface area contributed by atoms with Gasteiger partial charge in [0.25, 0.3) is 5.91 Å².